The highest BCUT2D eigenvalue weighted by atomic mass is 28.3. The molecule has 102 valence electrons. The van der Waals surface area contributed by atoms with Gasteiger partial charge < -0.3 is 5.32 Å². The summed E-state index contributed by atoms with van der Waals surface area (Å²) >= 11 is 0. The van der Waals surface area contributed by atoms with E-state index in [2.05, 4.69) is 70.0 Å². The monoisotopic (exact) mass is 263 g/mol. The van der Waals surface area contributed by atoms with Crippen LogP contribution >= 0.6 is 0 Å². The van der Waals surface area contributed by atoms with Crippen molar-refractivity contribution in [3.8, 4) is 0 Å². The summed E-state index contributed by atoms with van der Waals surface area (Å²) < 4.78 is 0. The smallest absolute Gasteiger partial charge is 0.0775 e. The topological polar surface area (TPSA) is 12.0 Å². The van der Waals surface area contributed by atoms with Gasteiger partial charge >= 0.3 is 0 Å². The first-order chi connectivity index (χ1) is 8.30. The van der Waals surface area contributed by atoms with E-state index in [1.54, 1.807) is 5.19 Å². The maximum absolute atomic E-state index is 3.68. The summed E-state index contributed by atoms with van der Waals surface area (Å²) in [6, 6.07) is 9.20. The fourth-order valence-electron chi connectivity index (χ4n) is 1.94. The van der Waals surface area contributed by atoms with Crippen LogP contribution in [0.4, 0.5) is 0 Å². The lowest BCUT2D eigenvalue weighted by atomic mass is 9.95. The van der Waals surface area contributed by atoms with Gasteiger partial charge in [-0.05, 0) is 25.3 Å². The SMILES string of the molecule is CCC(C)(CC)NCc1ccc([Si](C)(C)C)cc1. The van der Waals surface area contributed by atoms with Gasteiger partial charge in [-0.25, -0.2) is 0 Å². The molecule has 1 nitrogen and oxygen atoms in total. The summed E-state index contributed by atoms with van der Waals surface area (Å²) in [5.41, 5.74) is 1.67. The molecule has 0 heterocycles. The van der Waals surface area contributed by atoms with Gasteiger partial charge in [0.2, 0.25) is 0 Å². The Kier molecular flexibility index (Phi) is 5.17. The molecule has 0 aromatic heterocycles. The van der Waals surface area contributed by atoms with E-state index in [4.69, 9.17) is 0 Å². The summed E-state index contributed by atoms with van der Waals surface area (Å²) in [5, 5.41) is 5.22. The van der Waals surface area contributed by atoms with Crippen molar-refractivity contribution in [2.75, 3.05) is 0 Å². The maximum atomic E-state index is 3.68. The van der Waals surface area contributed by atoms with E-state index in [1.807, 2.05) is 0 Å². The van der Waals surface area contributed by atoms with E-state index < -0.39 is 8.07 Å². The minimum Gasteiger partial charge on any atom is -0.307 e. The third kappa shape index (κ3) is 4.25. The van der Waals surface area contributed by atoms with Crippen LogP contribution in [-0.4, -0.2) is 13.6 Å². The molecule has 0 saturated carbocycles. The van der Waals surface area contributed by atoms with Gasteiger partial charge in [0.15, 0.2) is 0 Å². The molecule has 0 amide bonds. The Bertz CT molecular complexity index is 358. The summed E-state index contributed by atoms with van der Waals surface area (Å²) in [6.45, 7) is 15.0. The van der Waals surface area contributed by atoms with Crippen molar-refractivity contribution in [1.82, 2.24) is 5.32 Å². The standard InChI is InChI=1S/C16H29NSi/c1-7-16(3,8-2)17-13-14-9-11-15(12-10-14)18(4,5)6/h9-12,17H,7-8,13H2,1-6H3. The Hall–Kier alpha value is -0.603. The lowest BCUT2D eigenvalue weighted by molar-refractivity contribution is 0.329. The molecule has 1 N–H and O–H groups in total. The number of hydrogen-bond donors (Lipinski definition) is 1. The first kappa shape index (κ1) is 15.5. The van der Waals surface area contributed by atoms with Crippen LogP contribution in [0, 0.1) is 0 Å². The Balaban J connectivity index is 2.65. The molecule has 1 rings (SSSR count). The van der Waals surface area contributed by atoms with Gasteiger partial charge in [0, 0.05) is 12.1 Å². The van der Waals surface area contributed by atoms with Crippen LogP contribution in [0.1, 0.15) is 39.2 Å². The minimum atomic E-state index is -1.15. The lowest BCUT2D eigenvalue weighted by Gasteiger charge is -2.28. The highest BCUT2D eigenvalue weighted by Gasteiger charge is 2.19. The number of rotatable bonds is 6. The second-order valence-corrected chi connectivity index (χ2v) is 11.6. The lowest BCUT2D eigenvalue weighted by Crippen LogP contribution is -2.40. The van der Waals surface area contributed by atoms with Gasteiger partial charge in [-0.15, -0.1) is 0 Å². The van der Waals surface area contributed by atoms with Crippen molar-refractivity contribution >= 4 is 13.3 Å². The van der Waals surface area contributed by atoms with Crippen molar-refractivity contribution in [2.45, 2.75) is 65.3 Å². The summed E-state index contributed by atoms with van der Waals surface area (Å²) in [7, 11) is -1.15. The molecule has 0 aliphatic rings. The van der Waals surface area contributed by atoms with E-state index >= 15 is 0 Å². The zero-order valence-corrected chi connectivity index (χ0v) is 13.9. The fourth-order valence-corrected chi connectivity index (χ4v) is 3.10. The summed E-state index contributed by atoms with van der Waals surface area (Å²) in [5.74, 6) is 0. The molecule has 0 spiro atoms. The van der Waals surface area contributed by atoms with Gasteiger partial charge in [-0.1, -0.05) is 62.9 Å². The highest BCUT2D eigenvalue weighted by molar-refractivity contribution is 6.88. The third-order valence-electron chi connectivity index (χ3n) is 4.10. The molecule has 0 aliphatic heterocycles. The van der Waals surface area contributed by atoms with Crippen LogP contribution in [0.25, 0.3) is 0 Å². The zero-order chi connectivity index (χ0) is 13.8. The van der Waals surface area contributed by atoms with E-state index in [0.717, 1.165) is 6.54 Å². The van der Waals surface area contributed by atoms with Crippen molar-refractivity contribution in [3.63, 3.8) is 0 Å². The molecule has 1 aromatic carbocycles. The minimum absolute atomic E-state index is 0.275. The Morgan fingerprint density at radius 2 is 1.50 bits per heavy atom. The summed E-state index contributed by atoms with van der Waals surface area (Å²) in [6.07, 6.45) is 2.35. The normalized spacial score (nSPS) is 12.8. The number of benzene rings is 1. The molecule has 0 aliphatic carbocycles. The Morgan fingerprint density at radius 3 is 1.89 bits per heavy atom. The van der Waals surface area contributed by atoms with Crippen LogP contribution in [0.2, 0.25) is 19.6 Å². The van der Waals surface area contributed by atoms with Crippen LogP contribution < -0.4 is 10.5 Å². The Morgan fingerprint density at radius 1 is 1.00 bits per heavy atom. The largest absolute Gasteiger partial charge is 0.307 e. The molecule has 2 heteroatoms. The third-order valence-corrected chi connectivity index (χ3v) is 6.17. The first-order valence-corrected chi connectivity index (χ1v) is 10.6. The molecular formula is C16H29NSi. The maximum Gasteiger partial charge on any atom is 0.0775 e. The molecule has 0 fully saturated rings. The quantitative estimate of drug-likeness (QED) is 0.768. The van der Waals surface area contributed by atoms with Crippen LogP contribution in [-0.2, 0) is 6.54 Å². The van der Waals surface area contributed by atoms with Gasteiger partial charge in [-0.2, -0.15) is 0 Å². The van der Waals surface area contributed by atoms with Crippen LogP contribution in [0.3, 0.4) is 0 Å². The first-order valence-electron chi connectivity index (χ1n) is 7.15. The fraction of sp³-hybridized carbons (Fsp3) is 0.625. The van der Waals surface area contributed by atoms with Crippen LogP contribution in [0.5, 0.6) is 0 Å². The predicted octanol–water partition coefficient (Wildman–Crippen LogP) is 3.90. The second kappa shape index (κ2) is 6.03. The predicted molar refractivity (Wildman–Crippen MR) is 85.2 cm³/mol. The van der Waals surface area contributed by atoms with Crippen LogP contribution in [0.15, 0.2) is 24.3 Å². The van der Waals surface area contributed by atoms with Crippen molar-refractivity contribution in [3.05, 3.63) is 29.8 Å². The average molecular weight is 264 g/mol. The summed E-state index contributed by atoms with van der Waals surface area (Å²) in [4.78, 5) is 0. The van der Waals surface area contributed by atoms with Gasteiger partial charge in [0.05, 0.1) is 8.07 Å². The number of nitrogens with one attached hydrogen (secondary N) is 1. The van der Waals surface area contributed by atoms with E-state index in [-0.39, 0.29) is 5.54 Å². The molecular weight excluding hydrogens is 234 g/mol. The molecule has 0 atom stereocenters. The second-order valence-electron chi connectivity index (χ2n) is 6.57. The van der Waals surface area contributed by atoms with Gasteiger partial charge in [-0.3, -0.25) is 0 Å². The molecule has 1 aromatic rings. The van der Waals surface area contributed by atoms with Crippen molar-refractivity contribution < 1.29 is 0 Å². The molecule has 0 saturated heterocycles. The highest BCUT2D eigenvalue weighted by Crippen LogP contribution is 2.14. The number of hydrogen-bond acceptors (Lipinski definition) is 1. The van der Waals surface area contributed by atoms with E-state index in [9.17, 15) is 0 Å². The Labute approximate surface area is 114 Å². The van der Waals surface area contributed by atoms with E-state index in [1.165, 1.54) is 18.4 Å². The average Bonchev–Trinajstić information content (AvgIpc) is 2.35. The zero-order valence-electron chi connectivity index (χ0n) is 12.9. The van der Waals surface area contributed by atoms with Crippen molar-refractivity contribution in [1.29, 1.82) is 0 Å². The molecule has 0 bridgehead atoms. The molecule has 0 radical (unpaired) electrons. The van der Waals surface area contributed by atoms with E-state index in [0.29, 0.717) is 0 Å². The van der Waals surface area contributed by atoms with Gasteiger partial charge in [0.25, 0.3) is 0 Å². The molecule has 18 heavy (non-hydrogen) atoms. The molecule has 0 unspecified atom stereocenters. The van der Waals surface area contributed by atoms with Crippen molar-refractivity contribution in [2.24, 2.45) is 0 Å². The van der Waals surface area contributed by atoms with Gasteiger partial charge in [0.1, 0.15) is 0 Å².